The number of anilines is 1. The van der Waals surface area contributed by atoms with Gasteiger partial charge in [-0.1, -0.05) is 30.3 Å². The fourth-order valence-electron chi connectivity index (χ4n) is 4.26. The Morgan fingerprint density at radius 3 is 2.50 bits per heavy atom. The van der Waals surface area contributed by atoms with Gasteiger partial charge in [0.15, 0.2) is 0 Å². The number of nitrogens with zero attached hydrogens (tertiary/aromatic N) is 3. The maximum atomic E-state index is 12.8. The van der Waals surface area contributed by atoms with Gasteiger partial charge >= 0.3 is 0 Å². The van der Waals surface area contributed by atoms with Crippen molar-refractivity contribution in [1.29, 1.82) is 0 Å². The fraction of sp³-hybridized carbons (Fsp3) is 0.357. The Morgan fingerprint density at radius 2 is 1.75 bits per heavy atom. The van der Waals surface area contributed by atoms with Crippen molar-refractivity contribution in [3.63, 3.8) is 0 Å². The average Bonchev–Trinajstić information content (AvgIpc) is 2.90. The van der Waals surface area contributed by atoms with Crippen molar-refractivity contribution in [2.45, 2.75) is 20.0 Å². The lowest BCUT2D eigenvalue weighted by Crippen LogP contribution is -2.50. The number of para-hydroxylation sites is 3. The van der Waals surface area contributed by atoms with E-state index in [-0.39, 0.29) is 18.3 Å². The van der Waals surface area contributed by atoms with E-state index in [9.17, 15) is 9.90 Å². The monoisotopic (exact) mass is 490 g/mol. The number of β-amino-alcohol motifs (C(OH)–C–C–N with tert-alkyl or cyclic N) is 1. The highest BCUT2D eigenvalue weighted by molar-refractivity contribution is 5.96. The van der Waals surface area contributed by atoms with Crippen LogP contribution in [0.1, 0.15) is 22.8 Å². The summed E-state index contributed by atoms with van der Waals surface area (Å²) in [6.07, 6.45) is 0.902. The molecule has 3 aromatic rings. The van der Waals surface area contributed by atoms with Crippen LogP contribution in [0.2, 0.25) is 0 Å². The molecule has 1 fully saturated rings. The summed E-state index contributed by atoms with van der Waals surface area (Å²) in [5, 5.41) is 13.4. The molecule has 1 aliphatic rings. The zero-order valence-corrected chi connectivity index (χ0v) is 20.9. The third-order valence-electron chi connectivity index (χ3n) is 6.16. The van der Waals surface area contributed by atoms with Gasteiger partial charge < -0.3 is 24.8 Å². The third-order valence-corrected chi connectivity index (χ3v) is 6.16. The van der Waals surface area contributed by atoms with Crippen molar-refractivity contribution < 1.29 is 19.4 Å². The molecule has 36 heavy (non-hydrogen) atoms. The van der Waals surface area contributed by atoms with Crippen molar-refractivity contribution in [3.8, 4) is 17.4 Å². The molecule has 0 saturated carbocycles. The molecule has 1 unspecified atom stereocenters. The number of ether oxygens (including phenoxy) is 2. The van der Waals surface area contributed by atoms with E-state index in [1.807, 2.05) is 56.3 Å². The summed E-state index contributed by atoms with van der Waals surface area (Å²) in [5.41, 5.74) is 2.38. The number of rotatable bonds is 10. The molecule has 0 spiro atoms. The molecule has 0 bridgehead atoms. The maximum Gasteiger partial charge on any atom is 0.256 e. The molecule has 2 N–H and O–H groups in total. The Hall–Kier alpha value is -3.62. The molecule has 1 aliphatic heterocycles. The van der Waals surface area contributed by atoms with Gasteiger partial charge in [0, 0.05) is 45.5 Å². The second-order valence-corrected chi connectivity index (χ2v) is 8.78. The first-order valence-corrected chi connectivity index (χ1v) is 12.4. The molecule has 8 heteroatoms. The van der Waals surface area contributed by atoms with Gasteiger partial charge in [0.1, 0.15) is 17.1 Å². The average molecular weight is 491 g/mol. The van der Waals surface area contributed by atoms with E-state index < -0.39 is 6.10 Å². The van der Waals surface area contributed by atoms with Crippen molar-refractivity contribution in [1.82, 2.24) is 15.2 Å². The molecule has 190 valence electrons. The van der Waals surface area contributed by atoms with Crippen molar-refractivity contribution in [2.75, 3.05) is 50.8 Å². The Kier molecular flexibility index (Phi) is 8.76. The topological polar surface area (TPSA) is 87.2 Å². The molecule has 1 aromatic heterocycles. The number of hydrogen-bond acceptors (Lipinski definition) is 7. The van der Waals surface area contributed by atoms with Crippen LogP contribution in [0.5, 0.6) is 17.4 Å². The van der Waals surface area contributed by atoms with Crippen molar-refractivity contribution in [2.24, 2.45) is 0 Å². The van der Waals surface area contributed by atoms with Gasteiger partial charge in [-0.3, -0.25) is 9.69 Å². The lowest BCUT2D eigenvalue weighted by atomic mass is 10.2. The van der Waals surface area contributed by atoms with Gasteiger partial charge in [0.25, 0.3) is 5.91 Å². The standard InChI is InChI=1S/C28H34N4O4/c1-3-35-26-13-7-5-11-24(26)32-17-15-31(16-18-32)20-22(33)19-30-27(34)23-10-8-14-29-28(23)36-25-12-6-4-9-21(25)2/h4-14,22,33H,3,15-20H2,1-2H3,(H,30,34). The lowest BCUT2D eigenvalue weighted by molar-refractivity contribution is 0.0849. The predicted octanol–water partition coefficient (Wildman–Crippen LogP) is 3.49. The Morgan fingerprint density at radius 1 is 1.03 bits per heavy atom. The van der Waals surface area contributed by atoms with E-state index in [1.54, 1.807) is 18.3 Å². The van der Waals surface area contributed by atoms with Crippen LogP contribution in [-0.2, 0) is 0 Å². The quantitative estimate of drug-likeness (QED) is 0.450. The fourth-order valence-corrected chi connectivity index (χ4v) is 4.26. The molecule has 2 aromatic carbocycles. The second-order valence-electron chi connectivity index (χ2n) is 8.78. The molecule has 0 aliphatic carbocycles. The molecule has 4 rings (SSSR count). The maximum absolute atomic E-state index is 12.8. The third kappa shape index (κ3) is 6.53. The number of carbonyl (C=O) groups excluding carboxylic acids is 1. The summed E-state index contributed by atoms with van der Waals surface area (Å²) in [5.74, 6) is 1.45. The summed E-state index contributed by atoms with van der Waals surface area (Å²) in [7, 11) is 0. The minimum atomic E-state index is -0.686. The summed E-state index contributed by atoms with van der Waals surface area (Å²) in [6, 6.07) is 19.0. The molecule has 8 nitrogen and oxygen atoms in total. The highest BCUT2D eigenvalue weighted by Crippen LogP contribution is 2.29. The number of aryl methyl sites for hydroxylation is 1. The smallest absolute Gasteiger partial charge is 0.256 e. The van der Waals surface area contributed by atoms with Crippen LogP contribution in [0.3, 0.4) is 0 Å². The van der Waals surface area contributed by atoms with E-state index >= 15 is 0 Å². The number of benzene rings is 2. The molecular weight excluding hydrogens is 456 g/mol. The lowest BCUT2D eigenvalue weighted by Gasteiger charge is -2.37. The molecule has 1 atom stereocenters. The van der Waals surface area contributed by atoms with Crippen LogP contribution in [0.4, 0.5) is 5.69 Å². The Balaban J connectivity index is 1.27. The summed E-state index contributed by atoms with van der Waals surface area (Å²) < 4.78 is 11.7. The van der Waals surface area contributed by atoms with Crippen LogP contribution in [0.15, 0.2) is 66.9 Å². The predicted molar refractivity (Wildman–Crippen MR) is 140 cm³/mol. The number of piperazine rings is 1. The van der Waals surface area contributed by atoms with Crippen molar-refractivity contribution in [3.05, 3.63) is 78.0 Å². The number of carbonyl (C=O) groups is 1. The van der Waals surface area contributed by atoms with Crippen LogP contribution >= 0.6 is 0 Å². The first-order valence-electron chi connectivity index (χ1n) is 12.4. The van der Waals surface area contributed by atoms with Gasteiger partial charge in [0.05, 0.1) is 18.4 Å². The molecule has 2 heterocycles. The Bertz CT molecular complexity index is 1150. The van der Waals surface area contributed by atoms with Gasteiger partial charge in [-0.05, 0) is 49.7 Å². The Labute approximate surface area is 212 Å². The van der Waals surface area contributed by atoms with Crippen LogP contribution < -0.4 is 19.7 Å². The zero-order valence-electron chi connectivity index (χ0n) is 20.9. The first kappa shape index (κ1) is 25.5. The molecule has 1 saturated heterocycles. The highest BCUT2D eigenvalue weighted by atomic mass is 16.5. The summed E-state index contributed by atoms with van der Waals surface area (Å²) >= 11 is 0. The van der Waals surface area contributed by atoms with Gasteiger partial charge in [0.2, 0.25) is 5.88 Å². The number of aliphatic hydroxyl groups is 1. The number of amides is 1. The molecular formula is C28H34N4O4. The first-order chi connectivity index (χ1) is 17.5. The number of aromatic nitrogens is 1. The van der Waals surface area contributed by atoms with E-state index in [1.165, 1.54) is 0 Å². The van der Waals surface area contributed by atoms with Gasteiger partial charge in [-0.15, -0.1) is 0 Å². The second kappa shape index (κ2) is 12.4. The summed E-state index contributed by atoms with van der Waals surface area (Å²) in [6.45, 7) is 8.52. The van der Waals surface area contributed by atoms with Crippen LogP contribution in [0, 0.1) is 6.92 Å². The normalized spacial score (nSPS) is 14.8. The minimum absolute atomic E-state index is 0.144. The largest absolute Gasteiger partial charge is 0.492 e. The van der Waals surface area contributed by atoms with Gasteiger partial charge in [-0.25, -0.2) is 4.98 Å². The van der Waals surface area contributed by atoms with E-state index in [0.717, 1.165) is 43.2 Å². The molecule has 1 amide bonds. The SMILES string of the molecule is CCOc1ccccc1N1CCN(CC(O)CNC(=O)c2cccnc2Oc2ccccc2C)CC1. The van der Waals surface area contributed by atoms with Crippen LogP contribution in [-0.4, -0.2) is 72.9 Å². The number of aliphatic hydroxyl groups excluding tert-OH is 1. The zero-order chi connectivity index (χ0) is 25.3. The van der Waals surface area contributed by atoms with E-state index in [2.05, 4.69) is 26.2 Å². The number of hydrogen-bond donors (Lipinski definition) is 2. The number of nitrogens with one attached hydrogen (secondary N) is 1. The minimum Gasteiger partial charge on any atom is -0.492 e. The van der Waals surface area contributed by atoms with E-state index in [0.29, 0.717) is 24.5 Å². The van der Waals surface area contributed by atoms with Crippen LogP contribution in [0.25, 0.3) is 0 Å². The number of pyridine rings is 1. The summed E-state index contributed by atoms with van der Waals surface area (Å²) in [4.78, 5) is 21.6. The van der Waals surface area contributed by atoms with Gasteiger partial charge in [-0.2, -0.15) is 0 Å². The van der Waals surface area contributed by atoms with Crippen molar-refractivity contribution >= 4 is 11.6 Å². The highest BCUT2D eigenvalue weighted by Gasteiger charge is 2.22. The molecule has 0 radical (unpaired) electrons. The van der Waals surface area contributed by atoms with E-state index in [4.69, 9.17) is 9.47 Å².